The van der Waals surface area contributed by atoms with Gasteiger partial charge in [0, 0.05) is 6.54 Å². The van der Waals surface area contributed by atoms with Gasteiger partial charge in [-0.2, -0.15) is 0 Å². The first-order valence-electron chi connectivity index (χ1n) is 3.76. The van der Waals surface area contributed by atoms with Crippen LogP contribution in [0.2, 0.25) is 0 Å². The minimum absolute atomic E-state index is 0. The molecule has 14 heavy (non-hydrogen) atoms. The fourth-order valence-corrected chi connectivity index (χ4v) is 0.941. The molecule has 0 amide bonds. The number of hydrogen-bond donors (Lipinski definition) is 3. The zero-order chi connectivity index (χ0) is 10.4. The largest absolute Gasteiger partial charge is 1.00 e. The summed E-state index contributed by atoms with van der Waals surface area (Å²) >= 11 is 0. The van der Waals surface area contributed by atoms with Crippen LogP contribution in [0.4, 0.5) is 0 Å². The van der Waals surface area contributed by atoms with E-state index in [1.54, 1.807) is 0 Å². The number of hydrogen-bond acceptors (Lipinski definition) is 4. The van der Waals surface area contributed by atoms with E-state index < -0.39 is 18.0 Å². The van der Waals surface area contributed by atoms with Gasteiger partial charge in [-0.25, -0.2) is 0 Å². The van der Waals surface area contributed by atoms with Crippen molar-refractivity contribution in [1.29, 1.82) is 0 Å². The minimum atomic E-state index is -1.11. The SMILES string of the molecule is CC(O)CN(CC(=O)O)CC(=O)O.[H-].[Na+]. The van der Waals surface area contributed by atoms with Gasteiger partial charge in [0.1, 0.15) is 0 Å². The number of aliphatic hydroxyl groups is 1. The number of carboxylic acids is 2. The third kappa shape index (κ3) is 9.94. The van der Waals surface area contributed by atoms with Crippen molar-refractivity contribution >= 4 is 11.9 Å². The summed E-state index contributed by atoms with van der Waals surface area (Å²) in [6, 6.07) is 0. The molecule has 0 rings (SSSR count). The summed E-state index contributed by atoms with van der Waals surface area (Å²) in [5, 5.41) is 25.7. The third-order valence-electron chi connectivity index (χ3n) is 1.24. The third-order valence-corrected chi connectivity index (χ3v) is 1.24. The van der Waals surface area contributed by atoms with Crippen LogP contribution in [-0.2, 0) is 9.59 Å². The Bertz CT molecular complexity index is 186. The Morgan fingerprint density at radius 3 is 1.86 bits per heavy atom. The number of nitrogens with zero attached hydrogens (tertiary/aromatic N) is 1. The molecule has 0 fully saturated rings. The number of rotatable bonds is 6. The standard InChI is InChI=1S/C7H13NO5.Na.H/c1-5(9)2-8(3-6(10)11)4-7(12)13;;/h5,9H,2-4H2,1H3,(H,10,11)(H,12,13);;/q;+1;-1. The van der Waals surface area contributed by atoms with Crippen LogP contribution in [0.1, 0.15) is 8.35 Å². The molecule has 0 radical (unpaired) electrons. The summed E-state index contributed by atoms with van der Waals surface area (Å²) in [6.45, 7) is 0.754. The zero-order valence-electron chi connectivity index (χ0n) is 9.30. The van der Waals surface area contributed by atoms with E-state index >= 15 is 0 Å². The van der Waals surface area contributed by atoms with Gasteiger partial charge in [-0.05, 0) is 6.92 Å². The van der Waals surface area contributed by atoms with Crippen LogP contribution in [0.25, 0.3) is 0 Å². The van der Waals surface area contributed by atoms with E-state index in [1.165, 1.54) is 6.92 Å². The van der Waals surface area contributed by atoms with Gasteiger partial charge in [0.15, 0.2) is 0 Å². The Balaban J connectivity index is -0.000000720. The predicted octanol–water partition coefficient (Wildman–Crippen LogP) is -4.05. The van der Waals surface area contributed by atoms with Crippen LogP contribution in [-0.4, -0.2) is 57.9 Å². The van der Waals surface area contributed by atoms with Gasteiger partial charge in [0.05, 0.1) is 19.2 Å². The Labute approximate surface area is 105 Å². The first-order chi connectivity index (χ1) is 5.91. The second-order valence-corrected chi connectivity index (χ2v) is 2.81. The molecule has 0 spiro atoms. The predicted molar refractivity (Wildman–Crippen MR) is 44.5 cm³/mol. The van der Waals surface area contributed by atoms with E-state index in [9.17, 15) is 9.59 Å². The molecular weight excluding hydrogens is 201 g/mol. The molecule has 0 aromatic carbocycles. The molecule has 0 aromatic heterocycles. The maximum atomic E-state index is 10.3. The quantitative estimate of drug-likeness (QED) is 0.390. The molecule has 6 nitrogen and oxygen atoms in total. The van der Waals surface area contributed by atoms with Crippen molar-refractivity contribution in [2.45, 2.75) is 13.0 Å². The first-order valence-corrected chi connectivity index (χ1v) is 3.76. The van der Waals surface area contributed by atoms with E-state index in [2.05, 4.69) is 0 Å². The Morgan fingerprint density at radius 2 is 1.64 bits per heavy atom. The molecule has 0 saturated carbocycles. The molecule has 0 aromatic rings. The average Bonchev–Trinajstić information content (AvgIpc) is 1.80. The number of carbonyl (C=O) groups is 2. The molecule has 0 saturated heterocycles. The van der Waals surface area contributed by atoms with Crippen molar-refractivity contribution in [2.24, 2.45) is 0 Å². The van der Waals surface area contributed by atoms with Crippen LogP contribution in [0.15, 0.2) is 0 Å². The van der Waals surface area contributed by atoms with Gasteiger partial charge in [-0.15, -0.1) is 0 Å². The molecule has 1 unspecified atom stereocenters. The monoisotopic (exact) mass is 215 g/mol. The maximum Gasteiger partial charge on any atom is 1.00 e. The van der Waals surface area contributed by atoms with Crippen LogP contribution in [0.3, 0.4) is 0 Å². The number of aliphatic hydroxyl groups excluding tert-OH is 1. The fraction of sp³-hybridized carbons (Fsp3) is 0.714. The first kappa shape index (κ1) is 16.3. The summed E-state index contributed by atoms with van der Waals surface area (Å²) < 4.78 is 0. The van der Waals surface area contributed by atoms with Crippen LogP contribution < -0.4 is 29.6 Å². The normalized spacial score (nSPS) is 11.9. The molecule has 0 aliphatic heterocycles. The van der Waals surface area contributed by atoms with Crippen molar-refractivity contribution in [3.8, 4) is 0 Å². The summed E-state index contributed by atoms with van der Waals surface area (Å²) in [7, 11) is 0. The van der Waals surface area contributed by atoms with Crippen molar-refractivity contribution in [3.05, 3.63) is 0 Å². The minimum Gasteiger partial charge on any atom is -1.00 e. The molecule has 0 heterocycles. The summed E-state index contributed by atoms with van der Waals surface area (Å²) in [5.41, 5.74) is 0. The Kier molecular flexibility index (Phi) is 9.53. The topological polar surface area (TPSA) is 98.1 Å². The van der Waals surface area contributed by atoms with Crippen molar-refractivity contribution in [2.75, 3.05) is 19.6 Å². The van der Waals surface area contributed by atoms with Crippen molar-refractivity contribution in [1.82, 2.24) is 4.90 Å². The Hall–Kier alpha value is -0.140. The molecule has 0 aliphatic carbocycles. The molecule has 1 atom stereocenters. The molecule has 0 bridgehead atoms. The van der Waals surface area contributed by atoms with E-state index in [0.717, 1.165) is 4.90 Å². The van der Waals surface area contributed by atoms with Crippen LogP contribution in [0.5, 0.6) is 0 Å². The van der Waals surface area contributed by atoms with E-state index in [0.29, 0.717) is 0 Å². The van der Waals surface area contributed by atoms with Crippen molar-refractivity contribution in [3.63, 3.8) is 0 Å². The van der Waals surface area contributed by atoms with Gasteiger partial charge in [0.2, 0.25) is 0 Å². The van der Waals surface area contributed by atoms with E-state index in [-0.39, 0.29) is 50.6 Å². The van der Waals surface area contributed by atoms with Crippen LogP contribution in [0, 0.1) is 0 Å². The average molecular weight is 215 g/mol. The summed E-state index contributed by atoms with van der Waals surface area (Å²) in [6.07, 6.45) is -0.737. The van der Waals surface area contributed by atoms with Gasteiger partial charge in [-0.3, -0.25) is 14.5 Å². The van der Waals surface area contributed by atoms with Gasteiger partial charge >= 0.3 is 41.5 Å². The molecule has 0 aliphatic rings. The smallest absolute Gasteiger partial charge is 1.00 e. The number of aliphatic carboxylic acids is 2. The zero-order valence-corrected chi connectivity index (χ0v) is 10.3. The van der Waals surface area contributed by atoms with Crippen LogP contribution >= 0.6 is 0 Å². The fourth-order valence-electron chi connectivity index (χ4n) is 0.941. The van der Waals surface area contributed by atoms with Gasteiger partial charge in [-0.1, -0.05) is 0 Å². The van der Waals surface area contributed by atoms with Gasteiger partial charge in [0.25, 0.3) is 0 Å². The number of carboxylic acid groups (broad SMARTS) is 2. The molecule has 3 N–H and O–H groups in total. The molecular formula is C7H14NNaO5. The summed E-state index contributed by atoms with van der Waals surface area (Å²) in [5.74, 6) is -2.22. The van der Waals surface area contributed by atoms with Crippen molar-refractivity contribution < 1.29 is 55.9 Å². The molecule has 78 valence electrons. The molecule has 7 heteroatoms. The van der Waals surface area contributed by atoms with E-state index in [4.69, 9.17) is 15.3 Å². The van der Waals surface area contributed by atoms with E-state index in [1.807, 2.05) is 0 Å². The second-order valence-electron chi connectivity index (χ2n) is 2.81. The second kappa shape index (κ2) is 8.19. The maximum absolute atomic E-state index is 10.3. The van der Waals surface area contributed by atoms with Gasteiger partial charge < -0.3 is 16.7 Å². The summed E-state index contributed by atoms with van der Waals surface area (Å²) in [4.78, 5) is 21.7. The Morgan fingerprint density at radius 1 is 1.29 bits per heavy atom.